The number of halogens is 1. The molecular formula is C16H16ClNO2. The van der Waals surface area contributed by atoms with Gasteiger partial charge in [0.1, 0.15) is 5.75 Å². The van der Waals surface area contributed by atoms with Crippen molar-refractivity contribution in [2.75, 3.05) is 5.32 Å². The van der Waals surface area contributed by atoms with Gasteiger partial charge >= 0.3 is 0 Å². The molecular weight excluding hydrogens is 274 g/mol. The summed E-state index contributed by atoms with van der Waals surface area (Å²) in [5.41, 5.74) is 2.10. The van der Waals surface area contributed by atoms with Crippen LogP contribution in [0.1, 0.15) is 35.7 Å². The van der Waals surface area contributed by atoms with Crippen LogP contribution in [0.15, 0.2) is 42.5 Å². The van der Waals surface area contributed by atoms with Crippen molar-refractivity contribution in [3.05, 3.63) is 58.6 Å². The molecule has 20 heavy (non-hydrogen) atoms. The van der Waals surface area contributed by atoms with Crippen LogP contribution in [0, 0.1) is 0 Å². The Morgan fingerprint density at radius 1 is 1.20 bits per heavy atom. The first-order valence-electron chi connectivity index (χ1n) is 6.37. The van der Waals surface area contributed by atoms with Crippen LogP contribution in [0.2, 0.25) is 5.02 Å². The molecule has 4 heteroatoms. The molecule has 0 unspecified atom stereocenters. The molecule has 0 atom stereocenters. The number of carbonyl (C=O) groups is 1. The molecule has 0 saturated heterocycles. The van der Waals surface area contributed by atoms with Crippen molar-refractivity contribution in [1.29, 1.82) is 0 Å². The Labute approximate surface area is 123 Å². The molecule has 3 nitrogen and oxygen atoms in total. The van der Waals surface area contributed by atoms with Crippen molar-refractivity contribution < 1.29 is 9.90 Å². The molecule has 0 radical (unpaired) electrons. The van der Waals surface area contributed by atoms with Gasteiger partial charge in [-0.05, 0) is 41.8 Å². The molecule has 0 aliphatic heterocycles. The molecule has 0 heterocycles. The second-order valence-corrected chi connectivity index (χ2v) is 5.31. The minimum atomic E-state index is -0.341. The van der Waals surface area contributed by atoms with Crippen LogP contribution in [0.4, 0.5) is 5.69 Å². The maximum atomic E-state index is 12.2. The largest absolute Gasteiger partial charge is 0.508 e. The lowest BCUT2D eigenvalue weighted by Gasteiger charge is -2.10. The fourth-order valence-electron chi connectivity index (χ4n) is 1.86. The van der Waals surface area contributed by atoms with E-state index in [0.717, 1.165) is 5.56 Å². The Kier molecular flexibility index (Phi) is 4.30. The maximum Gasteiger partial charge on any atom is 0.257 e. The summed E-state index contributed by atoms with van der Waals surface area (Å²) in [7, 11) is 0. The van der Waals surface area contributed by atoms with Crippen molar-refractivity contribution in [3.8, 4) is 5.75 Å². The molecule has 0 aromatic heterocycles. The van der Waals surface area contributed by atoms with Gasteiger partial charge in [-0.15, -0.1) is 0 Å². The number of anilines is 1. The van der Waals surface area contributed by atoms with Crippen LogP contribution < -0.4 is 5.32 Å². The zero-order valence-electron chi connectivity index (χ0n) is 11.4. The summed E-state index contributed by atoms with van der Waals surface area (Å²) in [6, 6.07) is 12.0. The number of rotatable bonds is 3. The first-order valence-corrected chi connectivity index (χ1v) is 6.75. The second-order valence-electron chi connectivity index (χ2n) is 4.90. The molecule has 2 rings (SSSR count). The molecule has 0 aliphatic carbocycles. The van der Waals surface area contributed by atoms with Crippen molar-refractivity contribution in [3.63, 3.8) is 0 Å². The Balaban J connectivity index is 2.23. The number of benzene rings is 2. The number of nitrogens with one attached hydrogen (secondary N) is 1. The van der Waals surface area contributed by atoms with E-state index in [0.29, 0.717) is 16.6 Å². The van der Waals surface area contributed by atoms with Gasteiger partial charge in [-0.3, -0.25) is 4.79 Å². The summed E-state index contributed by atoms with van der Waals surface area (Å²) >= 11 is 5.97. The lowest BCUT2D eigenvalue weighted by molar-refractivity contribution is 0.102. The summed E-state index contributed by atoms with van der Waals surface area (Å²) in [5.74, 6) is 0.0542. The monoisotopic (exact) mass is 289 g/mol. The van der Waals surface area contributed by atoms with Crippen LogP contribution in [-0.2, 0) is 0 Å². The lowest BCUT2D eigenvalue weighted by atomic mass is 10.0. The van der Waals surface area contributed by atoms with Gasteiger partial charge < -0.3 is 10.4 Å². The highest BCUT2D eigenvalue weighted by Gasteiger charge is 2.12. The summed E-state index contributed by atoms with van der Waals surface area (Å²) in [4.78, 5) is 12.2. The van der Waals surface area contributed by atoms with Crippen molar-refractivity contribution in [2.45, 2.75) is 19.8 Å². The summed E-state index contributed by atoms with van der Waals surface area (Å²) in [6.07, 6.45) is 0. The molecule has 2 aromatic rings. The van der Waals surface area contributed by atoms with E-state index >= 15 is 0 Å². The van der Waals surface area contributed by atoms with Gasteiger partial charge in [0.05, 0.1) is 10.6 Å². The van der Waals surface area contributed by atoms with Crippen molar-refractivity contribution >= 4 is 23.2 Å². The van der Waals surface area contributed by atoms with Crippen LogP contribution in [-0.4, -0.2) is 11.0 Å². The van der Waals surface area contributed by atoms with Gasteiger partial charge in [-0.2, -0.15) is 0 Å². The zero-order valence-corrected chi connectivity index (χ0v) is 12.1. The molecule has 0 saturated carbocycles. The average molecular weight is 290 g/mol. The van der Waals surface area contributed by atoms with E-state index in [1.165, 1.54) is 18.2 Å². The van der Waals surface area contributed by atoms with E-state index in [1.807, 2.05) is 24.3 Å². The Morgan fingerprint density at radius 2 is 1.95 bits per heavy atom. The minimum absolute atomic E-state index is 0.00970. The number of phenolic OH excluding ortho intramolecular Hbond substituents is 1. The van der Waals surface area contributed by atoms with E-state index < -0.39 is 0 Å². The van der Waals surface area contributed by atoms with E-state index in [-0.39, 0.29) is 17.2 Å². The van der Waals surface area contributed by atoms with E-state index in [2.05, 4.69) is 19.2 Å². The van der Waals surface area contributed by atoms with E-state index in [1.54, 1.807) is 0 Å². The third-order valence-electron chi connectivity index (χ3n) is 3.01. The second kappa shape index (κ2) is 5.97. The summed E-state index contributed by atoms with van der Waals surface area (Å²) in [5, 5.41) is 12.5. The van der Waals surface area contributed by atoms with Crippen LogP contribution >= 0.6 is 11.6 Å². The normalized spacial score (nSPS) is 10.6. The smallest absolute Gasteiger partial charge is 0.257 e. The molecule has 0 fully saturated rings. The first-order chi connectivity index (χ1) is 9.47. The first kappa shape index (κ1) is 14.4. The van der Waals surface area contributed by atoms with Gasteiger partial charge in [0.15, 0.2) is 0 Å². The van der Waals surface area contributed by atoms with E-state index in [4.69, 9.17) is 11.6 Å². The fraction of sp³-hybridized carbons (Fsp3) is 0.188. The van der Waals surface area contributed by atoms with Crippen molar-refractivity contribution in [2.24, 2.45) is 0 Å². The Morgan fingerprint density at radius 3 is 2.65 bits per heavy atom. The Hall–Kier alpha value is -2.00. The number of phenols is 1. The number of amides is 1. The highest BCUT2D eigenvalue weighted by atomic mass is 35.5. The fourth-order valence-corrected chi connectivity index (χ4v) is 2.06. The van der Waals surface area contributed by atoms with Gasteiger partial charge in [0.2, 0.25) is 0 Å². The lowest BCUT2D eigenvalue weighted by Crippen LogP contribution is -2.12. The summed E-state index contributed by atoms with van der Waals surface area (Å²) < 4.78 is 0. The van der Waals surface area contributed by atoms with Gasteiger partial charge in [0.25, 0.3) is 5.91 Å². The molecule has 104 valence electrons. The molecule has 0 aliphatic rings. The highest BCUT2D eigenvalue weighted by molar-refractivity contribution is 6.34. The Bertz CT molecular complexity index is 638. The van der Waals surface area contributed by atoms with Crippen LogP contribution in [0.5, 0.6) is 5.75 Å². The van der Waals surface area contributed by atoms with Gasteiger partial charge in [0, 0.05) is 5.69 Å². The third-order valence-corrected chi connectivity index (χ3v) is 3.34. The summed E-state index contributed by atoms with van der Waals surface area (Å²) in [6.45, 7) is 4.18. The predicted octanol–water partition coefficient (Wildman–Crippen LogP) is 4.42. The standard InChI is InChI=1S/C16H16ClNO2/c1-10(2)11-4-3-5-12(8-11)18-16(20)14-9-13(19)6-7-15(14)17/h3-10,19H,1-2H3,(H,18,20). The SMILES string of the molecule is CC(C)c1cccc(NC(=O)c2cc(O)ccc2Cl)c1. The predicted molar refractivity (Wildman–Crippen MR) is 81.6 cm³/mol. The molecule has 2 aromatic carbocycles. The molecule has 0 bridgehead atoms. The minimum Gasteiger partial charge on any atom is -0.508 e. The third kappa shape index (κ3) is 3.31. The zero-order chi connectivity index (χ0) is 14.7. The topological polar surface area (TPSA) is 49.3 Å². The highest BCUT2D eigenvalue weighted by Crippen LogP contribution is 2.23. The van der Waals surface area contributed by atoms with Gasteiger partial charge in [-0.25, -0.2) is 0 Å². The van der Waals surface area contributed by atoms with E-state index in [9.17, 15) is 9.90 Å². The quantitative estimate of drug-likeness (QED) is 0.878. The molecule has 0 spiro atoms. The molecule has 2 N–H and O–H groups in total. The average Bonchev–Trinajstić information content (AvgIpc) is 2.41. The molecule has 1 amide bonds. The van der Waals surface area contributed by atoms with Crippen LogP contribution in [0.3, 0.4) is 0 Å². The van der Waals surface area contributed by atoms with Crippen LogP contribution in [0.25, 0.3) is 0 Å². The van der Waals surface area contributed by atoms with Crippen molar-refractivity contribution in [1.82, 2.24) is 0 Å². The number of hydrogen-bond acceptors (Lipinski definition) is 2. The number of carbonyl (C=O) groups excluding carboxylic acids is 1. The number of hydrogen-bond donors (Lipinski definition) is 2. The van der Waals surface area contributed by atoms with Gasteiger partial charge in [-0.1, -0.05) is 37.6 Å². The number of aromatic hydroxyl groups is 1. The maximum absolute atomic E-state index is 12.2.